The van der Waals surface area contributed by atoms with Crippen LogP contribution in [0.5, 0.6) is 0 Å². The van der Waals surface area contributed by atoms with Gasteiger partial charge in [0.05, 0.1) is 12.1 Å². The fourth-order valence-electron chi connectivity index (χ4n) is 3.48. The lowest BCUT2D eigenvalue weighted by atomic mass is 10.0. The third-order valence-electron chi connectivity index (χ3n) is 5.03. The maximum atomic E-state index is 13.5. The van der Waals surface area contributed by atoms with E-state index >= 15 is 0 Å². The SMILES string of the molecule is CC(=O)Nc1ccc(NC2=C(c3ccc(F)cc3)C(=O)N(Cc3ccc(Cl)cc3)C2=O)cc1. The maximum Gasteiger partial charge on any atom is 0.278 e. The lowest BCUT2D eigenvalue weighted by molar-refractivity contribution is -0.137. The van der Waals surface area contributed by atoms with Crippen LogP contribution in [0.25, 0.3) is 5.57 Å². The summed E-state index contributed by atoms with van der Waals surface area (Å²) in [5.74, 6) is -1.64. The number of rotatable bonds is 6. The lowest BCUT2D eigenvalue weighted by Gasteiger charge is -2.15. The minimum atomic E-state index is -0.500. The Bertz CT molecular complexity index is 1250. The summed E-state index contributed by atoms with van der Waals surface area (Å²) in [6.45, 7) is 1.47. The number of hydrogen-bond acceptors (Lipinski definition) is 4. The average molecular weight is 464 g/mol. The van der Waals surface area contributed by atoms with Crippen molar-refractivity contribution in [2.24, 2.45) is 0 Å². The smallest absolute Gasteiger partial charge is 0.278 e. The molecule has 2 N–H and O–H groups in total. The van der Waals surface area contributed by atoms with Gasteiger partial charge in [0.2, 0.25) is 5.91 Å². The Morgan fingerprint density at radius 1 is 0.879 bits per heavy atom. The monoisotopic (exact) mass is 463 g/mol. The first-order chi connectivity index (χ1) is 15.8. The van der Waals surface area contributed by atoms with E-state index in [9.17, 15) is 18.8 Å². The van der Waals surface area contributed by atoms with Crippen molar-refractivity contribution in [1.29, 1.82) is 0 Å². The van der Waals surface area contributed by atoms with Crippen molar-refractivity contribution in [2.45, 2.75) is 13.5 Å². The normalized spacial score (nSPS) is 13.5. The highest BCUT2D eigenvalue weighted by molar-refractivity contribution is 6.36. The van der Waals surface area contributed by atoms with E-state index < -0.39 is 17.6 Å². The summed E-state index contributed by atoms with van der Waals surface area (Å²) in [6, 6.07) is 19.0. The van der Waals surface area contributed by atoms with E-state index in [4.69, 9.17) is 11.6 Å². The van der Waals surface area contributed by atoms with Crippen LogP contribution in [0.15, 0.2) is 78.5 Å². The summed E-state index contributed by atoms with van der Waals surface area (Å²) in [7, 11) is 0. The maximum absolute atomic E-state index is 13.5. The second-order valence-corrected chi connectivity index (χ2v) is 7.90. The van der Waals surface area contributed by atoms with Crippen molar-refractivity contribution in [3.63, 3.8) is 0 Å². The van der Waals surface area contributed by atoms with E-state index in [0.717, 1.165) is 10.5 Å². The molecular formula is C25H19ClFN3O3. The van der Waals surface area contributed by atoms with E-state index in [2.05, 4.69) is 10.6 Å². The zero-order chi connectivity index (χ0) is 23.5. The van der Waals surface area contributed by atoms with Gasteiger partial charge in [-0.05, 0) is 59.7 Å². The van der Waals surface area contributed by atoms with E-state index in [1.165, 1.54) is 31.2 Å². The first-order valence-corrected chi connectivity index (χ1v) is 10.4. The van der Waals surface area contributed by atoms with Crippen LogP contribution < -0.4 is 10.6 Å². The molecule has 0 saturated carbocycles. The van der Waals surface area contributed by atoms with E-state index in [-0.39, 0.29) is 23.7 Å². The van der Waals surface area contributed by atoms with Gasteiger partial charge in [-0.1, -0.05) is 35.9 Å². The lowest BCUT2D eigenvalue weighted by Crippen LogP contribution is -2.32. The molecule has 1 heterocycles. The predicted molar refractivity (Wildman–Crippen MR) is 125 cm³/mol. The van der Waals surface area contributed by atoms with Crippen molar-refractivity contribution >= 4 is 46.3 Å². The molecule has 0 aliphatic carbocycles. The van der Waals surface area contributed by atoms with Crippen LogP contribution in [0.1, 0.15) is 18.1 Å². The number of nitrogens with one attached hydrogen (secondary N) is 2. The molecular weight excluding hydrogens is 445 g/mol. The van der Waals surface area contributed by atoms with E-state index in [1.54, 1.807) is 48.5 Å². The highest BCUT2D eigenvalue weighted by Gasteiger charge is 2.39. The quantitative estimate of drug-likeness (QED) is 0.513. The zero-order valence-electron chi connectivity index (χ0n) is 17.6. The molecule has 0 unspecified atom stereocenters. The second kappa shape index (κ2) is 9.26. The molecule has 3 aromatic carbocycles. The summed E-state index contributed by atoms with van der Waals surface area (Å²) in [5, 5.41) is 6.25. The van der Waals surface area contributed by atoms with Crippen molar-refractivity contribution < 1.29 is 18.8 Å². The van der Waals surface area contributed by atoms with Gasteiger partial charge in [-0.25, -0.2) is 4.39 Å². The summed E-state index contributed by atoms with van der Waals surface area (Å²) in [5.41, 5.74) is 2.55. The number of amides is 3. The van der Waals surface area contributed by atoms with Gasteiger partial charge in [0, 0.05) is 23.3 Å². The Kier molecular flexibility index (Phi) is 6.24. The molecule has 6 nitrogen and oxygen atoms in total. The zero-order valence-corrected chi connectivity index (χ0v) is 18.3. The number of anilines is 2. The number of carbonyl (C=O) groups excluding carboxylic acids is 3. The number of hydrogen-bond donors (Lipinski definition) is 2. The summed E-state index contributed by atoms with van der Waals surface area (Å²) >= 11 is 5.93. The Morgan fingerprint density at radius 2 is 1.48 bits per heavy atom. The molecule has 33 heavy (non-hydrogen) atoms. The van der Waals surface area contributed by atoms with Gasteiger partial charge in [0.15, 0.2) is 0 Å². The largest absolute Gasteiger partial charge is 0.350 e. The molecule has 1 aliphatic heterocycles. The third-order valence-corrected chi connectivity index (χ3v) is 5.28. The molecule has 0 radical (unpaired) electrons. The molecule has 8 heteroatoms. The number of nitrogens with zero attached hydrogens (tertiary/aromatic N) is 1. The first-order valence-electron chi connectivity index (χ1n) is 10.1. The van der Waals surface area contributed by atoms with Gasteiger partial charge >= 0.3 is 0 Å². The van der Waals surface area contributed by atoms with Gasteiger partial charge in [-0.2, -0.15) is 0 Å². The minimum absolute atomic E-state index is 0.0617. The van der Waals surface area contributed by atoms with Crippen LogP contribution in [0.2, 0.25) is 5.02 Å². The van der Waals surface area contributed by atoms with Gasteiger partial charge in [0.25, 0.3) is 11.8 Å². The third kappa shape index (κ3) is 4.94. The highest BCUT2D eigenvalue weighted by Crippen LogP contribution is 2.32. The summed E-state index contributed by atoms with van der Waals surface area (Å²) < 4.78 is 13.5. The topological polar surface area (TPSA) is 78.5 Å². The van der Waals surface area contributed by atoms with Gasteiger partial charge in [-0.15, -0.1) is 0 Å². The standard InChI is InChI=1S/C25H19ClFN3O3/c1-15(31)28-20-10-12-21(13-11-20)29-23-22(17-4-8-19(27)9-5-17)24(32)30(25(23)33)14-16-2-6-18(26)7-3-16/h2-13,29H,14H2,1H3,(H,28,31). The molecule has 0 saturated heterocycles. The highest BCUT2D eigenvalue weighted by atomic mass is 35.5. The van der Waals surface area contributed by atoms with E-state index in [0.29, 0.717) is 22.0 Å². The van der Waals surface area contributed by atoms with Crippen molar-refractivity contribution in [3.8, 4) is 0 Å². The van der Waals surface area contributed by atoms with Crippen LogP contribution in [0.4, 0.5) is 15.8 Å². The molecule has 166 valence electrons. The molecule has 4 rings (SSSR count). The van der Waals surface area contributed by atoms with Gasteiger partial charge < -0.3 is 10.6 Å². The van der Waals surface area contributed by atoms with Gasteiger partial charge in [-0.3, -0.25) is 19.3 Å². The van der Waals surface area contributed by atoms with Crippen LogP contribution in [0, 0.1) is 5.82 Å². The number of benzene rings is 3. The molecule has 3 aromatic rings. The van der Waals surface area contributed by atoms with Crippen LogP contribution in [0.3, 0.4) is 0 Å². The number of carbonyl (C=O) groups is 3. The van der Waals surface area contributed by atoms with Crippen LogP contribution in [-0.4, -0.2) is 22.6 Å². The second-order valence-electron chi connectivity index (χ2n) is 7.46. The molecule has 0 spiro atoms. The fraction of sp³-hybridized carbons (Fsp3) is 0.0800. The summed E-state index contributed by atoms with van der Waals surface area (Å²) in [4.78, 5) is 38.9. The summed E-state index contributed by atoms with van der Waals surface area (Å²) in [6.07, 6.45) is 0. The Hall–Kier alpha value is -3.97. The Balaban J connectivity index is 1.68. The van der Waals surface area contributed by atoms with Crippen molar-refractivity contribution in [1.82, 2.24) is 4.90 Å². The fourth-order valence-corrected chi connectivity index (χ4v) is 3.60. The average Bonchev–Trinajstić information content (AvgIpc) is 3.01. The number of imide groups is 1. The molecule has 0 bridgehead atoms. The molecule has 1 aliphatic rings. The Morgan fingerprint density at radius 3 is 2.09 bits per heavy atom. The molecule has 3 amide bonds. The molecule has 0 fully saturated rings. The van der Waals surface area contributed by atoms with E-state index in [1.807, 2.05) is 0 Å². The molecule has 0 atom stereocenters. The van der Waals surface area contributed by atoms with Crippen molar-refractivity contribution in [2.75, 3.05) is 10.6 Å². The van der Waals surface area contributed by atoms with Gasteiger partial charge in [0.1, 0.15) is 11.5 Å². The van der Waals surface area contributed by atoms with Crippen molar-refractivity contribution in [3.05, 3.63) is 100 Å². The minimum Gasteiger partial charge on any atom is -0.350 e. The number of halogens is 2. The predicted octanol–water partition coefficient (Wildman–Crippen LogP) is 4.83. The van der Waals surface area contributed by atoms with Crippen LogP contribution in [-0.2, 0) is 20.9 Å². The molecule has 0 aromatic heterocycles. The first kappa shape index (κ1) is 22.2. The Labute approximate surface area is 194 Å². The van der Waals surface area contributed by atoms with Crippen LogP contribution >= 0.6 is 11.6 Å².